The van der Waals surface area contributed by atoms with Gasteiger partial charge in [-0.1, -0.05) is 31.2 Å². The van der Waals surface area contributed by atoms with Crippen LogP contribution in [0.2, 0.25) is 0 Å². The summed E-state index contributed by atoms with van der Waals surface area (Å²) in [7, 11) is 0. The van der Waals surface area contributed by atoms with Crippen molar-refractivity contribution in [3.05, 3.63) is 94.2 Å². The van der Waals surface area contributed by atoms with Gasteiger partial charge in [-0.15, -0.1) is 0 Å². The molecule has 6 nitrogen and oxygen atoms in total. The van der Waals surface area contributed by atoms with Crippen LogP contribution in [0.25, 0.3) is 0 Å². The van der Waals surface area contributed by atoms with Gasteiger partial charge in [0.2, 0.25) is 5.88 Å². The molecular weight excluding hydrogens is 440 g/mol. The maximum Gasteiger partial charge on any atom is 0.270 e. The maximum absolute atomic E-state index is 13.7. The smallest absolute Gasteiger partial charge is 0.270 e. The molecule has 0 radical (unpaired) electrons. The maximum atomic E-state index is 13.7. The number of rotatable bonds is 10. The normalized spacial score (nSPS) is 12.9. The van der Waals surface area contributed by atoms with Crippen LogP contribution in [-0.4, -0.2) is 39.8 Å². The van der Waals surface area contributed by atoms with Crippen molar-refractivity contribution in [2.45, 2.75) is 45.4 Å². The lowest BCUT2D eigenvalue weighted by Gasteiger charge is -2.25. The Labute approximate surface area is 197 Å². The molecule has 0 fully saturated rings. The van der Waals surface area contributed by atoms with E-state index in [1.807, 2.05) is 18.2 Å². The molecule has 3 rings (SSSR count). The van der Waals surface area contributed by atoms with Gasteiger partial charge in [-0.2, -0.15) is 0 Å². The van der Waals surface area contributed by atoms with E-state index in [0.29, 0.717) is 12.1 Å². The predicted molar refractivity (Wildman–Crippen MR) is 125 cm³/mol. The fourth-order valence-electron chi connectivity index (χ4n) is 3.74. The Morgan fingerprint density at radius 2 is 1.74 bits per heavy atom. The molecule has 1 aromatic heterocycles. The van der Waals surface area contributed by atoms with Crippen LogP contribution in [-0.2, 0) is 19.4 Å². The van der Waals surface area contributed by atoms with E-state index in [0.717, 1.165) is 30.2 Å². The van der Waals surface area contributed by atoms with Gasteiger partial charge >= 0.3 is 0 Å². The molecule has 3 aromatic rings. The summed E-state index contributed by atoms with van der Waals surface area (Å²) < 4.78 is 27.4. The fourth-order valence-corrected chi connectivity index (χ4v) is 3.74. The Bertz CT molecular complexity index is 1100. The van der Waals surface area contributed by atoms with Gasteiger partial charge in [0.05, 0.1) is 12.1 Å². The lowest BCUT2D eigenvalue weighted by Crippen LogP contribution is -2.48. The highest BCUT2D eigenvalue weighted by Crippen LogP contribution is 2.14. The minimum Gasteiger partial charge on any atom is -0.493 e. The number of pyridine rings is 1. The lowest BCUT2D eigenvalue weighted by atomic mass is 10.00. The molecule has 180 valence electrons. The zero-order chi connectivity index (χ0) is 24.7. The number of aliphatic hydroxyl groups excluding tert-OH is 1. The summed E-state index contributed by atoms with van der Waals surface area (Å²) in [6, 6.07) is 13.2. The highest BCUT2D eigenvalue weighted by atomic mass is 19.1. The average Bonchev–Trinajstić information content (AvgIpc) is 2.77. The summed E-state index contributed by atoms with van der Waals surface area (Å²) >= 11 is 0. The molecule has 0 aliphatic rings. The summed E-state index contributed by atoms with van der Waals surface area (Å²) in [5.74, 6) is -2.40. The summed E-state index contributed by atoms with van der Waals surface area (Å²) in [6.45, 7) is 4.41. The largest absolute Gasteiger partial charge is 0.493 e. The predicted octanol–water partition coefficient (Wildman–Crippen LogP) is 3.43. The molecule has 0 saturated heterocycles. The van der Waals surface area contributed by atoms with Gasteiger partial charge in [-0.3, -0.25) is 4.79 Å². The van der Waals surface area contributed by atoms with Crippen molar-refractivity contribution in [2.75, 3.05) is 6.54 Å². The molecule has 2 atom stereocenters. The van der Waals surface area contributed by atoms with E-state index < -0.39 is 29.7 Å². The van der Waals surface area contributed by atoms with E-state index in [2.05, 4.69) is 28.6 Å². The quantitative estimate of drug-likeness (QED) is 0.365. The Kier molecular flexibility index (Phi) is 8.67. The Hall–Kier alpha value is -3.36. The minimum absolute atomic E-state index is 0.00756. The molecule has 0 aliphatic heterocycles. The molecule has 1 heterocycles. The number of hydrogen-bond acceptors (Lipinski definition) is 5. The average molecular weight is 470 g/mol. The van der Waals surface area contributed by atoms with Crippen LogP contribution in [0.3, 0.4) is 0 Å². The molecular formula is C26H29F2N3O3. The fraction of sp³-hybridized carbons (Fsp3) is 0.308. The van der Waals surface area contributed by atoms with Crippen LogP contribution in [0, 0.1) is 18.6 Å². The molecule has 0 saturated carbocycles. The zero-order valence-corrected chi connectivity index (χ0v) is 19.2. The first-order chi connectivity index (χ1) is 16.2. The number of carbonyl (C=O) groups is 1. The van der Waals surface area contributed by atoms with Crippen molar-refractivity contribution in [1.29, 1.82) is 0 Å². The number of carbonyl (C=O) groups excluding carboxylic acids is 1. The third-order valence-corrected chi connectivity index (χ3v) is 5.43. The number of aromatic hydroxyl groups is 1. The van der Waals surface area contributed by atoms with Gasteiger partial charge < -0.3 is 20.8 Å². The molecule has 34 heavy (non-hydrogen) atoms. The number of benzene rings is 2. The molecule has 0 bridgehead atoms. The van der Waals surface area contributed by atoms with Crippen molar-refractivity contribution in [1.82, 2.24) is 15.6 Å². The van der Waals surface area contributed by atoms with E-state index in [1.54, 1.807) is 6.92 Å². The van der Waals surface area contributed by atoms with Crippen LogP contribution in [0.15, 0.2) is 54.6 Å². The van der Waals surface area contributed by atoms with Crippen LogP contribution in [0.1, 0.15) is 39.7 Å². The molecule has 1 amide bonds. The second-order valence-electron chi connectivity index (χ2n) is 8.32. The third kappa shape index (κ3) is 7.33. The van der Waals surface area contributed by atoms with Gasteiger partial charge in [0.15, 0.2) is 0 Å². The monoisotopic (exact) mass is 469 g/mol. The second kappa shape index (κ2) is 11.7. The van der Waals surface area contributed by atoms with E-state index in [4.69, 9.17) is 0 Å². The first kappa shape index (κ1) is 25.3. The van der Waals surface area contributed by atoms with Crippen LogP contribution in [0.5, 0.6) is 5.88 Å². The number of nitrogens with zero attached hydrogens (tertiary/aromatic N) is 1. The van der Waals surface area contributed by atoms with E-state index in [-0.39, 0.29) is 30.1 Å². The molecule has 8 heteroatoms. The first-order valence-electron chi connectivity index (χ1n) is 11.1. The Balaban J connectivity index is 1.73. The first-order valence-corrected chi connectivity index (χ1v) is 11.1. The Morgan fingerprint density at radius 3 is 2.41 bits per heavy atom. The summed E-state index contributed by atoms with van der Waals surface area (Å²) in [5.41, 5.74) is 3.16. The molecule has 0 unspecified atom stereocenters. The summed E-state index contributed by atoms with van der Waals surface area (Å²) in [4.78, 5) is 16.6. The van der Waals surface area contributed by atoms with Crippen molar-refractivity contribution in [2.24, 2.45) is 0 Å². The Morgan fingerprint density at radius 1 is 1.03 bits per heavy atom. The number of hydrogen-bond donors (Lipinski definition) is 4. The van der Waals surface area contributed by atoms with E-state index in [1.165, 1.54) is 17.7 Å². The van der Waals surface area contributed by atoms with Gasteiger partial charge in [0.1, 0.15) is 17.3 Å². The van der Waals surface area contributed by atoms with Gasteiger partial charge in [-0.25, -0.2) is 13.8 Å². The highest BCUT2D eigenvalue weighted by molar-refractivity contribution is 5.92. The van der Waals surface area contributed by atoms with Gasteiger partial charge in [0, 0.05) is 25.2 Å². The molecule has 0 spiro atoms. The molecule has 2 aromatic carbocycles. The van der Waals surface area contributed by atoms with Crippen molar-refractivity contribution < 1.29 is 23.8 Å². The van der Waals surface area contributed by atoms with E-state index in [9.17, 15) is 23.8 Å². The van der Waals surface area contributed by atoms with Crippen LogP contribution in [0.4, 0.5) is 8.78 Å². The van der Waals surface area contributed by atoms with Crippen molar-refractivity contribution in [3.8, 4) is 5.88 Å². The number of halogens is 2. The highest BCUT2D eigenvalue weighted by Gasteiger charge is 2.24. The van der Waals surface area contributed by atoms with Crippen molar-refractivity contribution >= 4 is 5.91 Å². The number of aryl methyl sites for hydroxylation is 2. The summed E-state index contributed by atoms with van der Waals surface area (Å²) in [6.07, 6.45) is -0.160. The number of aliphatic hydroxyl groups is 1. The lowest BCUT2D eigenvalue weighted by molar-refractivity contribution is 0.0824. The number of amides is 1. The third-order valence-electron chi connectivity index (χ3n) is 5.43. The zero-order valence-electron chi connectivity index (χ0n) is 19.2. The minimum atomic E-state index is -1.07. The second-order valence-corrected chi connectivity index (χ2v) is 8.32. The van der Waals surface area contributed by atoms with Gasteiger partial charge in [-0.05, 0) is 60.2 Å². The van der Waals surface area contributed by atoms with Crippen LogP contribution < -0.4 is 10.6 Å². The topological polar surface area (TPSA) is 94.5 Å². The standard InChI is InChI=1S/C26H29F2N3O3/c1-3-17-5-4-6-18(9-17)14-29-15-24(32)22(12-19-10-20(27)13-21(28)11-19)31-26(34)23-7-16(2)8-25(33)30-23/h4-11,13,22,24,29,32H,3,12,14-15H2,1-2H3,(H,30,33)(H,31,34)/t22-,24-/m0/s1. The van der Waals surface area contributed by atoms with Gasteiger partial charge in [0.25, 0.3) is 5.91 Å². The van der Waals surface area contributed by atoms with E-state index >= 15 is 0 Å². The van der Waals surface area contributed by atoms with Crippen LogP contribution >= 0.6 is 0 Å². The number of aromatic nitrogens is 1. The number of nitrogens with one attached hydrogen (secondary N) is 2. The van der Waals surface area contributed by atoms with Crippen molar-refractivity contribution in [3.63, 3.8) is 0 Å². The molecule has 0 aliphatic carbocycles. The molecule has 4 N–H and O–H groups in total. The summed E-state index contributed by atoms with van der Waals surface area (Å²) in [5, 5.41) is 26.4. The SMILES string of the molecule is CCc1cccc(CNC[C@H](O)[C@H](Cc2cc(F)cc(F)c2)NC(=O)c2cc(C)cc(O)n2)c1.